The Labute approximate surface area is 142 Å². The summed E-state index contributed by atoms with van der Waals surface area (Å²) in [6.45, 7) is 0. The number of carbonyl (C=O) groups excluding carboxylic acids is 1. The second-order valence-electron chi connectivity index (χ2n) is 7.87. The molecule has 1 aliphatic carbocycles. The molecule has 2 heterocycles. The first kappa shape index (κ1) is 14.5. The Hall–Kier alpha value is -1.87. The Bertz CT molecular complexity index is 774. The van der Waals surface area contributed by atoms with Crippen molar-refractivity contribution in [3.05, 3.63) is 48.0 Å². The SMILES string of the molecule is O=C(NC1CC2CCC(C1)N2)C1CC1c1ccc2ccccc2c1. The molecule has 2 aromatic carbocycles. The van der Waals surface area contributed by atoms with E-state index in [-0.39, 0.29) is 11.8 Å². The molecule has 0 spiro atoms. The molecule has 2 saturated heterocycles. The van der Waals surface area contributed by atoms with Crippen LogP contribution in [0.15, 0.2) is 42.5 Å². The zero-order valence-electron chi connectivity index (χ0n) is 13.9. The van der Waals surface area contributed by atoms with Crippen LogP contribution in [0.2, 0.25) is 0 Å². The number of amides is 1. The first-order valence-electron chi connectivity index (χ1n) is 9.31. The van der Waals surface area contributed by atoms with E-state index in [4.69, 9.17) is 0 Å². The Morgan fingerprint density at radius 1 is 0.958 bits per heavy atom. The van der Waals surface area contributed by atoms with Crippen molar-refractivity contribution in [1.82, 2.24) is 10.6 Å². The van der Waals surface area contributed by atoms with Crippen LogP contribution in [-0.4, -0.2) is 24.0 Å². The maximum absolute atomic E-state index is 12.6. The molecule has 3 aliphatic rings. The first-order valence-corrected chi connectivity index (χ1v) is 9.31. The highest BCUT2D eigenvalue weighted by Crippen LogP contribution is 2.48. The number of nitrogens with one attached hydrogen (secondary N) is 2. The van der Waals surface area contributed by atoms with Gasteiger partial charge in [0.25, 0.3) is 0 Å². The molecule has 0 radical (unpaired) electrons. The molecule has 1 saturated carbocycles. The van der Waals surface area contributed by atoms with Crippen LogP contribution in [0.4, 0.5) is 0 Å². The van der Waals surface area contributed by atoms with E-state index in [2.05, 4.69) is 53.1 Å². The van der Waals surface area contributed by atoms with Crippen molar-refractivity contribution in [2.75, 3.05) is 0 Å². The van der Waals surface area contributed by atoms with E-state index in [1.54, 1.807) is 0 Å². The third-order valence-electron chi connectivity index (χ3n) is 6.15. The minimum Gasteiger partial charge on any atom is -0.353 e. The summed E-state index contributed by atoms with van der Waals surface area (Å²) in [5.41, 5.74) is 1.32. The number of carbonyl (C=O) groups is 1. The minimum absolute atomic E-state index is 0.179. The van der Waals surface area contributed by atoms with E-state index < -0.39 is 0 Å². The second-order valence-corrected chi connectivity index (χ2v) is 7.87. The molecule has 3 heteroatoms. The van der Waals surface area contributed by atoms with Crippen LogP contribution >= 0.6 is 0 Å². The van der Waals surface area contributed by atoms with Gasteiger partial charge in [-0.3, -0.25) is 4.79 Å². The highest BCUT2D eigenvalue weighted by molar-refractivity contribution is 5.86. The molecule has 4 atom stereocenters. The van der Waals surface area contributed by atoms with Gasteiger partial charge in [0, 0.05) is 24.0 Å². The standard InChI is InChI=1S/C21H24N2O/c24-21(23-18-10-16-7-8-17(11-18)22-16)20-12-19(20)15-6-5-13-3-1-2-4-14(13)9-15/h1-6,9,16-20,22H,7-8,10-12H2,(H,23,24). The molecule has 24 heavy (non-hydrogen) atoms. The van der Waals surface area contributed by atoms with Gasteiger partial charge in [0.2, 0.25) is 5.91 Å². The van der Waals surface area contributed by atoms with Crippen LogP contribution in [0, 0.1) is 5.92 Å². The fourth-order valence-corrected chi connectivity index (χ4v) is 4.77. The van der Waals surface area contributed by atoms with Crippen molar-refractivity contribution in [3.8, 4) is 0 Å². The largest absolute Gasteiger partial charge is 0.353 e. The van der Waals surface area contributed by atoms with Gasteiger partial charge in [-0.05, 0) is 54.4 Å². The molecule has 0 aromatic heterocycles. The van der Waals surface area contributed by atoms with Crippen LogP contribution in [-0.2, 0) is 4.79 Å². The monoisotopic (exact) mass is 320 g/mol. The van der Waals surface area contributed by atoms with E-state index in [0.29, 0.717) is 24.0 Å². The van der Waals surface area contributed by atoms with E-state index in [9.17, 15) is 4.79 Å². The number of piperidine rings is 1. The number of hydrogen-bond acceptors (Lipinski definition) is 2. The average Bonchev–Trinajstić information content (AvgIpc) is 3.34. The number of rotatable bonds is 3. The van der Waals surface area contributed by atoms with Crippen LogP contribution in [0.1, 0.15) is 43.6 Å². The van der Waals surface area contributed by atoms with Crippen molar-refractivity contribution in [1.29, 1.82) is 0 Å². The topological polar surface area (TPSA) is 41.1 Å². The normalized spacial score (nSPS) is 34.2. The van der Waals surface area contributed by atoms with E-state index in [1.807, 2.05) is 0 Å². The highest BCUT2D eigenvalue weighted by atomic mass is 16.2. The lowest BCUT2D eigenvalue weighted by Crippen LogP contribution is -2.48. The Kier molecular flexibility index (Phi) is 3.37. The smallest absolute Gasteiger partial charge is 0.223 e. The average molecular weight is 320 g/mol. The van der Waals surface area contributed by atoms with Crippen LogP contribution < -0.4 is 10.6 Å². The number of benzene rings is 2. The molecule has 1 amide bonds. The molecule has 2 bridgehead atoms. The quantitative estimate of drug-likeness (QED) is 0.911. The summed E-state index contributed by atoms with van der Waals surface area (Å²) in [7, 11) is 0. The second kappa shape index (κ2) is 5.59. The summed E-state index contributed by atoms with van der Waals surface area (Å²) in [4.78, 5) is 12.6. The first-order chi connectivity index (χ1) is 11.8. The van der Waals surface area contributed by atoms with Gasteiger partial charge in [-0.25, -0.2) is 0 Å². The fourth-order valence-electron chi connectivity index (χ4n) is 4.77. The van der Waals surface area contributed by atoms with Crippen molar-refractivity contribution in [3.63, 3.8) is 0 Å². The van der Waals surface area contributed by atoms with E-state index in [0.717, 1.165) is 19.3 Å². The summed E-state index contributed by atoms with van der Waals surface area (Å²) in [5.74, 6) is 0.867. The predicted molar refractivity (Wildman–Crippen MR) is 95.9 cm³/mol. The predicted octanol–water partition coefficient (Wildman–Crippen LogP) is 3.34. The molecule has 124 valence electrons. The van der Waals surface area contributed by atoms with Gasteiger partial charge < -0.3 is 10.6 Å². The molecule has 3 nitrogen and oxygen atoms in total. The Morgan fingerprint density at radius 2 is 1.71 bits per heavy atom. The van der Waals surface area contributed by atoms with E-state index in [1.165, 1.54) is 29.2 Å². The van der Waals surface area contributed by atoms with Crippen LogP contribution in [0.25, 0.3) is 10.8 Å². The van der Waals surface area contributed by atoms with Crippen molar-refractivity contribution in [2.45, 2.75) is 56.1 Å². The third kappa shape index (κ3) is 2.61. The lowest BCUT2D eigenvalue weighted by atomic mass is 9.99. The summed E-state index contributed by atoms with van der Waals surface area (Å²) in [6.07, 6.45) is 5.77. The number of fused-ring (bicyclic) bond motifs is 3. The van der Waals surface area contributed by atoms with E-state index >= 15 is 0 Å². The van der Waals surface area contributed by atoms with Gasteiger partial charge in [-0.15, -0.1) is 0 Å². The molecule has 2 aromatic rings. The third-order valence-corrected chi connectivity index (χ3v) is 6.15. The van der Waals surface area contributed by atoms with Gasteiger partial charge >= 0.3 is 0 Å². The number of hydrogen-bond donors (Lipinski definition) is 2. The maximum Gasteiger partial charge on any atom is 0.223 e. The lowest BCUT2D eigenvalue weighted by molar-refractivity contribution is -0.123. The zero-order valence-corrected chi connectivity index (χ0v) is 13.9. The fraction of sp³-hybridized carbons (Fsp3) is 0.476. The van der Waals surface area contributed by atoms with Gasteiger partial charge in [-0.1, -0.05) is 42.5 Å². The van der Waals surface area contributed by atoms with Gasteiger partial charge in [0.1, 0.15) is 0 Å². The molecule has 2 aliphatic heterocycles. The highest BCUT2D eigenvalue weighted by Gasteiger charge is 2.45. The summed E-state index contributed by atoms with van der Waals surface area (Å²) >= 11 is 0. The molecular formula is C21H24N2O. The van der Waals surface area contributed by atoms with Crippen molar-refractivity contribution >= 4 is 16.7 Å². The summed E-state index contributed by atoms with van der Waals surface area (Å²) in [6, 6.07) is 16.7. The minimum atomic E-state index is 0.179. The van der Waals surface area contributed by atoms with Crippen LogP contribution in [0.3, 0.4) is 0 Å². The van der Waals surface area contributed by atoms with Crippen LogP contribution in [0.5, 0.6) is 0 Å². The zero-order chi connectivity index (χ0) is 16.1. The van der Waals surface area contributed by atoms with Crippen molar-refractivity contribution in [2.24, 2.45) is 5.92 Å². The Morgan fingerprint density at radius 3 is 2.50 bits per heavy atom. The molecule has 2 N–H and O–H groups in total. The van der Waals surface area contributed by atoms with Gasteiger partial charge in [-0.2, -0.15) is 0 Å². The molecule has 5 rings (SSSR count). The summed E-state index contributed by atoms with van der Waals surface area (Å²) in [5, 5.41) is 9.52. The lowest BCUT2D eigenvalue weighted by Gasteiger charge is -2.29. The summed E-state index contributed by atoms with van der Waals surface area (Å²) < 4.78 is 0. The molecule has 3 fully saturated rings. The maximum atomic E-state index is 12.6. The Balaban J connectivity index is 1.25. The van der Waals surface area contributed by atoms with Crippen molar-refractivity contribution < 1.29 is 4.79 Å². The molecule has 4 unspecified atom stereocenters. The van der Waals surface area contributed by atoms with Gasteiger partial charge in [0.05, 0.1) is 0 Å². The molecular weight excluding hydrogens is 296 g/mol. The van der Waals surface area contributed by atoms with Gasteiger partial charge in [0.15, 0.2) is 0 Å².